The molecule has 0 unspecified atom stereocenters. The molecule has 0 amide bonds. The van der Waals surface area contributed by atoms with Crippen LogP contribution in [0.25, 0.3) is 0 Å². The van der Waals surface area contributed by atoms with Gasteiger partial charge in [0.15, 0.2) is 11.5 Å². The van der Waals surface area contributed by atoms with Gasteiger partial charge in [-0.1, -0.05) is 18.2 Å². The average Bonchev–Trinajstić information content (AvgIpc) is 2.55. The Morgan fingerprint density at radius 3 is 2.52 bits per heavy atom. The van der Waals surface area contributed by atoms with Gasteiger partial charge in [-0.25, -0.2) is 4.79 Å². The van der Waals surface area contributed by atoms with Crippen molar-refractivity contribution in [1.29, 1.82) is 0 Å². The molecule has 0 radical (unpaired) electrons. The Morgan fingerprint density at radius 2 is 1.83 bits per heavy atom. The van der Waals surface area contributed by atoms with E-state index in [2.05, 4.69) is 4.74 Å². The maximum atomic E-state index is 14.3. The van der Waals surface area contributed by atoms with Crippen molar-refractivity contribution < 1.29 is 23.4 Å². The SMILES string of the molecule is COC(=O)c1cccc(COc2cccc(OC(C)C)c2F)c1. The number of benzene rings is 2. The summed E-state index contributed by atoms with van der Waals surface area (Å²) in [7, 11) is 1.32. The molecule has 0 fully saturated rings. The van der Waals surface area contributed by atoms with Crippen LogP contribution in [0.2, 0.25) is 0 Å². The number of hydrogen-bond acceptors (Lipinski definition) is 4. The standard InChI is InChI=1S/C18H19FO4/c1-12(2)23-16-9-5-8-15(17(16)19)22-11-13-6-4-7-14(10-13)18(20)21-3/h4-10,12H,11H2,1-3H3. The molecule has 0 heterocycles. The second-order valence-corrected chi connectivity index (χ2v) is 5.22. The smallest absolute Gasteiger partial charge is 0.337 e. The first-order valence-electron chi connectivity index (χ1n) is 7.26. The first-order chi connectivity index (χ1) is 11.0. The lowest BCUT2D eigenvalue weighted by molar-refractivity contribution is 0.0600. The van der Waals surface area contributed by atoms with Crippen molar-refractivity contribution in [2.24, 2.45) is 0 Å². The number of carbonyl (C=O) groups excluding carboxylic acids is 1. The summed E-state index contributed by atoms with van der Waals surface area (Å²) >= 11 is 0. The third-order valence-corrected chi connectivity index (χ3v) is 3.03. The molecule has 0 aliphatic rings. The summed E-state index contributed by atoms with van der Waals surface area (Å²) in [5, 5.41) is 0. The Kier molecular flexibility index (Phi) is 5.57. The van der Waals surface area contributed by atoms with Crippen LogP contribution in [0.5, 0.6) is 11.5 Å². The summed E-state index contributed by atoms with van der Waals surface area (Å²) in [6.07, 6.45) is -0.128. The van der Waals surface area contributed by atoms with Gasteiger partial charge in [-0.2, -0.15) is 4.39 Å². The molecule has 0 N–H and O–H groups in total. The van der Waals surface area contributed by atoms with E-state index in [4.69, 9.17) is 9.47 Å². The van der Waals surface area contributed by atoms with E-state index in [-0.39, 0.29) is 24.2 Å². The normalized spacial score (nSPS) is 10.5. The van der Waals surface area contributed by atoms with E-state index in [1.807, 2.05) is 13.8 Å². The van der Waals surface area contributed by atoms with Crippen molar-refractivity contribution in [3.63, 3.8) is 0 Å². The molecular formula is C18H19FO4. The summed E-state index contributed by atoms with van der Waals surface area (Å²) in [6, 6.07) is 11.6. The fourth-order valence-corrected chi connectivity index (χ4v) is 2.01. The highest BCUT2D eigenvalue weighted by Gasteiger charge is 2.12. The molecule has 2 rings (SSSR count). The molecule has 2 aromatic carbocycles. The number of hydrogen-bond donors (Lipinski definition) is 0. The van der Waals surface area contributed by atoms with E-state index >= 15 is 0 Å². The zero-order valence-corrected chi connectivity index (χ0v) is 13.3. The number of ether oxygens (including phenoxy) is 3. The second-order valence-electron chi connectivity index (χ2n) is 5.22. The van der Waals surface area contributed by atoms with Crippen LogP contribution in [0.3, 0.4) is 0 Å². The molecule has 4 nitrogen and oxygen atoms in total. The predicted octanol–water partition coefficient (Wildman–Crippen LogP) is 3.98. The lowest BCUT2D eigenvalue weighted by Gasteiger charge is -2.13. The van der Waals surface area contributed by atoms with E-state index in [1.54, 1.807) is 36.4 Å². The monoisotopic (exact) mass is 318 g/mol. The molecule has 5 heteroatoms. The zero-order valence-electron chi connectivity index (χ0n) is 13.3. The van der Waals surface area contributed by atoms with Crippen molar-refractivity contribution in [2.45, 2.75) is 26.6 Å². The lowest BCUT2D eigenvalue weighted by Crippen LogP contribution is -2.08. The molecule has 23 heavy (non-hydrogen) atoms. The quantitative estimate of drug-likeness (QED) is 0.756. The summed E-state index contributed by atoms with van der Waals surface area (Å²) in [5.41, 5.74) is 1.16. The van der Waals surface area contributed by atoms with Crippen LogP contribution in [0, 0.1) is 5.82 Å². The van der Waals surface area contributed by atoms with Crippen molar-refractivity contribution in [3.8, 4) is 11.5 Å². The highest BCUT2D eigenvalue weighted by atomic mass is 19.1. The van der Waals surface area contributed by atoms with Gasteiger partial charge < -0.3 is 14.2 Å². The summed E-state index contributed by atoms with van der Waals surface area (Å²) < 4.78 is 29.8. The summed E-state index contributed by atoms with van der Waals surface area (Å²) in [6.45, 7) is 3.78. The van der Waals surface area contributed by atoms with Crippen LogP contribution in [0.15, 0.2) is 42.5 Å². The lowest BCUT2D eigenvalue weighted by atomic mass is 10.1. The Bertz CT molecular complexity index is 682. The first kappa shape index (κ1) is 16.8. The van der Waals surface area contributed by atoms with Gasteiger partial charge in [0.25, 0.3) is 0 Å². The Labute approximate surface area is 134 Å². The highest BCUT2D eigenvalue weighted by Crippen LogP contribution is 2.27. The van der Waals surface area contributed by atoms with Crippen molar-refractivity contribution in [2.75, 3.05) is 7.11 Å². The van der Waals surface area contributed by atoms with Gasteiger partial charge >= 0.3 is 5.97 Å². The molecule has 0 aliphatic heterocycles. The molecular weight excluding hydrogens is 299 g/mol. The molecule has 0 aromatic heterocycles. The molecule has 2 aromatic rings. The average molecular weight is 318 g/mol. The Morgan fingerprint density at radius 1 is 1.13 bits per heavy atom. The third kappa shape index (κ3) is 4.45. The second kappa shape index (κ2) is 7.63. The van der Waals surface area contributed by atoms with Crippen molar-refractivity contribution in [1.82, 2.24) is 0 Å². The van der Waals surface area contributed by atoms with Crippen LogP contribution < -0.4 is 9.47 Å². The van der Waals surface area contributed by atoms with E-state index in [9.17, 15) is 9.18 Å². The minimum Gasteiger partial charge on any atom is -0.488 e. The topological polar surface area (TPSA) is 44.8 Å². The fourth-order valence-electron chi connectivity index (χ4n) is 2.01. The number of rotatable bonds is 6. The number of esters is 1. The van der Waals surface area contributed by atoms with Gasteiger partial charge in [-0.15, -0.1) is 0 Å². The molecule has 122 valence electrons. The van der Waals surface area contributed by atoms with Gasteiger partial charge in [-0.05, 0) is 43.7 Å². The van der Waals surface area contributed by atoms with Gasteiger partial charge in [0, 0.05) is 0 Å². The van der Waals surface area contributed by atoms with E-state index < -0.39 is 11.8 Å². The minimum atomic E-state index is -0.537. The molecule has 0 saturated carbocycles. The largest absolute Gasteiger partial charge is 0.488 e. The zero-order chi connectivity index (χ0) is 16.8. The van der Waals surface area contributed by atoms with Crippen molar-refractivity contribution in [3.05, 3.63) is 59.4 Å². The highest BCUT2D eigenvalue weighted by molar-refractivity contribution is 5.89. The minimum absolute atomic E-state index is 0.103. The van der Waals surface area contributed by atoms with Crippen LogP contribution in [0.4, 0.5) is 4.39 Å². The van der Waals surface area contributed by atoms with E-state index in [0.29, 0.717) is 5.56 Å². The maximum Gasteiger partial charge on any atom is 0.337 e. The Balaban J connectivity index is 2.11. The number of halogens is 1. The maximum absolute atomic E-state index is 14.3. The summed E-state index contributed by atoms with van der Waals surface area (Å²) in [5.74, 6) is -0.705. The predicted molar refractivity (Wildman–Crippen MR) is 84.3 cm³/mol. The third-order valence-electron chi connectivity index (χ3n) is 3.03. The van der Waals surface area contributed by atoms with E-state index in [1.165, 1.54) is 13.2 Å². The molecule has 0 aliphatic carbocycles. The van der Waals surface area contributed by atoms with Crippen LogP contribution in [0.1, 0.15) is 29.8 Å². The van der Waals surface area contributed by atoms with E-state index in [0.717, 1.165) is 5.56 Å². The van der Waals surface area contributed by atoms with Crippen LogP contribution in [-0.2, 0) is 11.3 Å². The molecule has 0 bridgehead atoms. The van der Waals surface area contributed by atoms with Crippen molar-refractivity contribution >= 4 is 5.97 Å². The first-order valence-corrected chi connectivity index (χ1v) is 7.26. The van der Waals surface area contributed by atoms with Crippen LogP contribution in [-0.4, -0.2) is 19.2 Å². The molecule has 0 saturated heterocycles. The molecule has 0 spiro atoms. The molecule has 0 atom stereocenters. The summed E-state index contributed by atoms with van der Waals surface area (Å²) in [4.78, 5) is 11.5. The Hall–Kier alpha value is -2.56. The van der Waals surface area contributed by atoms with Gasteiger partial charge in [0.1, 0.15) is 6.61 Å². The van der Waals surface area contributed by atoms with Gasteiger partial charge in [0.05, 0.1) is 18.8 Å². The fraction of sp³-hybridized carbons (Fsp3) is 0.278. The van der Waals surface area contributed by atoms with Gasteiger partial charge in [0.2, 0.25) is 5.82 Å². The number of methoxy groups -OCH3 is 1. The van der Waals surface area contributed by atoms with Gasteiger partial charge in [-0.3, -0.25) is 0 Å². The van der Waals surface area contributed by atoms with Crippen LogP contribution >= 0.6 is 0 Å². The number of carbonyl (C=O) groups is 1.